The normalized spacial score (nSPS) is 10.6. The SMILES string of the molecule is CCCCCCCCCNC(=O)CCCCCC. The molecule has 1 amide bonds. The van der Waals surface area contributed by atoms with Gasteiger partial charge in [0.15, 0.2) is 0 Å². The molecule has 0 aromatic carbocycles. The first kappa shape index (κ1) is 17.5. The van der Waals surface area contributed by atoms with Crippen LogP contribution in [0.25, 0.3) is 0 Å². The van der Waals surface area contributed by atoms with E-state index in [4.69, 9.17) is 0 Å². The molecule has 2 nitrogen and oxygen atoms in total. The predicted octanol–water partition coefficient (Wildman–Crippen LogP) is 4.82. The van der Waals surface area contributed by atoms with Crippen LogP contribution in [0.4, 0.5) is 0 Å². The number of hydrogen-bond donors (Lipinski definition) is 1. The Balaban J connectivity index is 3.10. The molecule has 0 aliphatic heterocycles. The second kappa shape index (κ2) is 14.5. The van der Waals surface area contributed by atoms with Gasteiger partial charge in [-0.25, -0.2) is 0 Å². The second-order valence-corrected chi connectivity index (χ2v) is 5.28. The third-order valence-corrected chi connectivity index (χ3v) is 3.36. The Bertz CT molecular complexity index is 180. The highest BCUT2D eigenvalue weighted by Crippen LogP contribution is 2.06. The van der Waals surface area contributed by atoms with E-state index in [9.17, 15) is 4.79 Å². The number of hydrogen-bond acceptors (Lipinski definition) is 1. The molecule has 0 atom stereocenters. The largest absolute Gasteiger partial charge is 0.356 e. The molecule has 0 fully saturated rings. The summed E-state index contributed by atoms with van der Waals surface area (Å²) < 4.78 is 0. The molecule has 1 N–H and O–H groups in total. The monoisotopic (exact) mass is 255 g/mol. The predicted molar refractivity (Wildman–Crippen MR) is 79.8 cm³/mol. The van der Waals surface area contributed by atoms with Crippen LogP contribution in [0.1, 0.15) is 90.9 Å². The van der Waals surface area contributed by atoms with Crippen LogP contribution >= 0.6 is 0 Å². The maximum atomic E-state index is 11.5. The Hall–Kier alpha value is -0.530. The highest BCUT2D eigenvalue weighted by molar-refractivity contribution is 5.75. The first-order valence-electron chi connectivity index (χ1n) is 8.08. The lowest BCUT2D eigenvalue weighted by Crippen LogP contribution is -2.23. The van der Waals surface area contributed by atoms with Crippen LogP contribution in [-0.4, -0.2) is 12.5 Å². The van der Waals surface area contributed by atoms with Crippen LogP contribution in [0.15, 0.2) is 0 Å². The standard InChI is InChI=1S/C16H33NO/c1-3-5-7-9-10-11-13-15-17-16(18)14-12-8-6-4-2/h3-15H2,1-2H3,(H,17,18). The molecule has 0 saturated heterocycles. The van der Waals surface area contributed by atoms with Crippen molar-refractivity contribution in [3.63, 3.8) is 0 Å². The van der Waals surface area contributed by atoms with Gasteiger partial charge in [0.2, 0.25) is 5.91 Å². The molecule has 0 rings (SSSR count). The molecule has 0 unspecified atom stereocenters. The summed E-state index contributed by atoms with van der Waals surface area (Å²) in [7, 11) is 0. The Morgan fingerprint density at radius 2 is 1.22 bits per heavy atom. The van der Waals surface area contributed by atoms with Crippen molar-refractivity contribution in [1.29, 1.82) is 0 Å². The highest BCUT2D eigenvalue weighted by Gasteiger charge is 1.99. The molecule has 0 aromatic rings. The summed E-state index contributed by atoms with van der Waals surface area (Å²) in [6, 6.07) is 0. The molecule has 0 radical (unpaired) electrons. The van der Waals surface area contributed by atoms with E-state index in [1.165, 1.54) is 57.8 Å². The van der Waals surface area contributed by atoms with Crippen molar-refractivity contribution in [1.82, 2.24) is 5.32 Å². The zero-order chi connectivity index (χ0) is 13.5. The molecule has 0 bridgehead atoms. The van der Waals surface area contributed by atoms with Crippen LogP contribution in [-0.2, 0) is 4.79 Å². The van der Waals surface area contributed by atoms with E-state index in [-0.39, 0.29) is 5.91 Å². The van der Waals surface area contributed by atoms with Gasteiger partial charge in [0.25, 0.3) is 0 Å². The van der Waals surface area contributed by atoms with Crippen molar-refractivity contribution in [3.8, 4) is 0 Å². The third kappa shape index (κ3) is 13.5. The van der Waals surface area contributed by atoms with Gasteiger partial charge in [0.05, 0.1) is 0 Å². The first-order valence-corrected chi connectivity index (χ1v) is 8.08. The van der Waals surface area contributed by atoms with E-state index in [0.29, 0.717) is 0 Å². The molecule has 0 aromatic heterocycles. The van der Waals surface area contributed by atoms with Crippen molar-refractivity contribution >= 4 is 5.91 Å². The Morgan fingerprint density at radius 3 is 1.83 bits per heavy atom. The van der Waals surface area contributed by atoms with Gasteiger partial charge < -0.3 is 5.32 Å². The lowest BCUT2D eigenvalue weighted by atomic mass is 10.1. The zero-order valence-electron chi connectivity index (χ0n) is 12.6. The van der Waals surface area contributed by atoms with Crippen molar-refractivity contribution in [2.45, 2.75) is 90.9 Å². The molecule has 0 saturated carbocycles. The fourth-order valence-corrected chi connectivity index (χ4v) is 2.11. The van der Waals surface area contributed by atoms with E-state index in [1.807, 2.05) is 0 Å². The number of amides is 1. The molecule has 0 heterocycles. The van der Waals surface area contributed by atoms with Gasteiger partial charge in [0, 0.05) is 13.0 Å². The third-order valence-electron chi connectivity index (χ3n) is 3.36. The Labute approximate surface area is 114 Å². The summed E-state index contributed by atoms with van der Waals surface area (Å²) in [4.78, 5) is 11.5. The lowest BCUT2D eigenvalue weighted by molar-refractivity contribution is -0.121. The summed E-state index contributed by atoms with van der Waals surface area (Å²) in [6.45, 7) is 5.32. The summed E-state index contributed by atoms with van der Waals surface area (Å²) >= 11 is 0. The van der Waals surface area contributed by atoms with Crippen molar-refractivity contribution in [2.24, 2.45) is 0 Å². The fourth-order valence-electron chi connectivity index (χ4n) is 2.11. The fraction of sp³-hybridized carbons (Fsp3) is 0.938. The molecule has 0 spiro atoms. The smallest absolute Gasteiger partial charge is 0.219 e. The van der Waals surface area contributed by atoms with Gasteiger partial charge in [-0.3, -0.25) is 4.79 Å². The maximum Gasteiger partial charge on any atom is 0.219 e. The topological polar surface area (TPSA) is 29.1 Å². The minimum Gasteiger partial charge on any atom is -0.356 e. The van der Waals surface area contributed by atoms with Gasteiger partial charge in [-0.05, 0) is 12.8 Å². The van der Waals surface area contributed by atoms with Crippen molar-refractivity contribution in [2.75, 3.05) is 6.54 Å². The Morgan fingerprint density at radius 1 is 0.722 bits per heavy atom. The number of carbonyl (C=O) groups excluding carboxylic acids is 1. The van der Waals surface area contributed by atoms with E-state index in [0.717, 1.165) is 25.8 Å². The summed E-state index contributed by atoms with van der Waals surface area (Å²) in [6.07, 6.45) is 14.6. The average Bonchev–Trinajstić information content (AvgIpc) is 2.38. The van der Waals surface area contributed by atoms with Crippen LogP contribution in [0.5, 0.6) is 0 Å². The number of rotatable bonds is 13. The Kier molecular flexibility index (Phi) is 14.1. The summed E-state index contributed by atoms with van der Waals surface area (Å²) in [5, 5.41) is 3.02. The van der Waals surface area contributed by atoms with E-state index in [2.05, 4.69) is 19.2 Å². The van der Waals surface area contributed by atoms with Gasteiger partial charge >= 0.3 is 0 Å². The highest BCUT2D eigenvalue weighted by atomic mass is 16.1. The summed E-state index contributed by atoms with van der Waals surface area (Å²) in [5.41, 5.74) is 0. The van der Waals surface area contributed by atoms with Gasteiger partial charge in [-0.1, -0.05) is 71.6 Å². The maximum absolute atomic E-state index is 11.5. The number of carbonyl (C=O) groups is 1. The molecule has 0 aliphatic rings. The first-order chi connectivity index (χ1) is 8.81. The van der Waals surface area contributed by atoms with Gasteiger partial charge in [0.1, 0.15) is 0 Å². The van der Waals surface area contributed by atoms with Crippen LogP contribution in [0, 0.1) is 0 Å². The second-order valence-electron chi connectivity index (χ2n) is 5.28. The minimum absolute atomic E-state index is 0.247. The molecule has 2 heteroatoms. The van der Waals surface area contributed by atoms with E-state index >= 15 is 0 Å². The molecular formula is C16H33NO. The minimum atomic E-state index is 0.247. The average molecular weight is 255 g/mol. The van der Waals surface area contributed by atoms with Gasteiger partial charge in [-0.2, -0.15) is 0 Å². The van der Waals surface area contributed by atoms with Crippen LogP contribution in [0.3, 0.4) is 0 Å². The molecule has 108 valence electrons. The van der Waals surface area contributed by atoms with E-state index in [1.54, 1.807) is 0 Å². The van der Waals surface area contributed by atoms with Crippen LogP contribution < -0.4 is 5.32 Å². The number of unbranched alkanes of at least 4 members (excludes halogenated alkanes) is 9. The zero-order valence-corrected chi connectivity index (χ0v) is 12.6. The summed E-state index contributed by atoms with van der Waals surface area (Å²) in [5.74, 6) is 0.247. The van der Waals surface area contributed by atoms with Gasteiger partial charge in [-0.15, -0.1) is 0 Å². The lowest BCUT2D eigenvalue weighted by Gasteiger charge is -2.05. The van der Waals surface area contributed by atoms with Crippen molar-refractivity contribution < 1.29 is 4.79 Å². The van der Waals surface area contributed by atoms with E-state index < -0.39 is 0 Å². The van der Waals surface area contributed by atoms with Crippen LogP contribution in [0.2, 0.25) is 0 Å². The quantitative estimate of drug-likeness (QED) is 0.469. The molecule has 0 aliphatic carbocycles. The molecular weight excluding hydrogens is 222 g/mol. The number of nitrogens with one attached hydrogen (secondary N) is 1. The van der Waals surface area contributed by atoms with Crippen molar-refractivity contribution in [3.05, 3.63) is 0 Å². The molecule has 18 heavy (non-hydrogen) atoms.